The third-order valence-corrected chi connectivity index (χ3v) is 3.03. The number of hydrogen-bond acceptors (Lipinski definition) is 4. The summed E-state index contributed by atoms with van der Waals surface area (Å²) in [5.74, 6) is -0.791. The van der Waals surface area contributed by atoms with Gasteiger partial charge in [0.1, 0.15) is 5.69 Å². The van der Waals surface area contributed by atoms with Crippen LogP contribution >= 0.6 is 0 Å². The maximum atomic E-state index is 12.5. The van der Waals surface area contributed by atoms with Gasteiger partial charge in [-0.1, -0.05) is 0 Å². The van der Waals surface area contributed by atoms with E-state index in [0.717, 1.165) is 16.8 Å². The quantitative estimate of drug-likeness (QED) is 0.680. The van der Waals surface area contributed by atoms with Crippen molar-refractivity contribution in [2.75, 3.05) is 0 Å². The van der Waals surface area contributed by atoms with Gasteiger partial charge in [0.15, 0.2) is 18.2 Å². The van der Waals surface area contributed by atoms with Gasteiger partial charge in [0, 0.05) is 23.9 Å². The first-order valence-corrected chi connectivity index (χ1v) is 7.11. The van der Waals surface area contributed by atoms with Gasteiger partial charge in [-0.05, 0) is 6.07 Å². The van der Waals surface area contributed by atoms with Crippen LogP contribution in [0.1, 0.15) is 5.69 Å². The Hall–Kier alpha value is -2.07. The average molecular weight is 320 g/mol. The summed E-state index contributed by atoms with van der Waals surface area (Å²) in [6.45, 7) is 0. The molecule has 2 aromatic heterocycles. The molecule has 0 aliphatic rings. The Morgan fingerprint density at radius 3 is 2.33 bits per heavy atom. The van der Waals surface area contributed by atoms with Crippen molar-refractivity contribution in [3.8, 4) is 11.4 Å². The third kappa shape index (κ3) is 4.20. The van der Waals surface area contributed by atoms with Crippen LogP contribution in [-0.4, -0.2) is 22.9 Å². The minimum atomic E-state index is -4.57. The lowest BCUT2D eigenvalue weighted by molar-refractivity contribution is -0.678. The minimum absolute atomic E-state index is 0.135. The lowest BCUT2D eigenvalue weighted by Crippen LogP contribution is -2.36. The van der Waals surface area contributed by atoms with Crippen LogP contribution in [-0.2, 0) is 22.2 Å². The van der Waals surface area contributed by atoms with E-state index in [1.807, 2.05) is 0 Å². The van der Waals surface area contributed by atoms with E-state index in [2.05, 4.69) is 9.97 Å². The van der Waals surface area contributed by atoms with Crippen LogP contribution < -0.4 is 4.57 Å². The molecule has 0 aliphatic heterocycles. The number of hydrogen-bond donors (Lipinski definition) is 1. The van der Waals surface area contributed by atoms with Gasteiger partial charge in [-0.3, -0.25) is 4.55 Å². The molecule has 112 valence electrons. The third-order valence-electron chi connectivity index (χ3n) is 2.41. The Balaban J connectivity index is 2.31. The molecule has 2 heterocycles. The Morgan fingerprint density at radius 1 is 1.19 bits per heavy atom. The molecule has 1 N–H and O–H groups in total. The van der Waals surface area contributed by atoms with Crippen molar-refractivity contribution in [3.63, 3.8) is 0 Å². The number of rotatable bonds is 3. The normalized spacial score (nSPS) is 12.4. The largest absolute Gasteiger partial charge is 0.433 e. The molecule has 0 aromatic carbocycles. The van der Waals surface area contributed by atoms with E-state index < -0.39 is 27.9 Å². The van der Waals surface area contributed by atoms with Crippen LogP contribution in [0.15, 0.2) is 36.8 Å². The number of nitrogens with zero attached hydrogens (tertiary/aromatic N) is 3. The van der Waals surface area contributed by atoms with Crippen molar-refractivity contribution in [2.24, 2.45) is 0 Å². The van der Waals surface area contributed by atoms with E-state index in [9.17, 15) is 21.6 Å². The number of alkyl halides is 3. The highest BCUT2D eigenvalue weighted by Crippen LogP contribution is 2.28. The summed E-state index contributed by atoms with van der Waals surface area (Å²) in [5, 5.41) is 0. The second kappa shape index (κ2) is 5.37. The lowest BCUT2D eigenvalue weighted by atomic mass is 10.2. The molecule has 0 saturated heterocycles. The fourth-order valence-electron chi connectivity index (χ4n) is 1.54. The minimum Gasteiger partial charge on any atom is -0.281 e. The van der Waals surface area contributed by atoms with Crippen molar-refractivity contribution >= 4 is 10.1 Å². The summed E-state index contributed by atoms with van der Waals surface area (Å²) in [5.41, 5.74) is -0.783. The highest BCUT2D eigenvalue weighted by molar-refractivity contribution is 7.84. The first-order chi connectivity index (χ1) is 9.65. The zero-order chi connectivity index (χ0) is 15.7. The van der Waals surface area contributed by atoms with Gasteiger partial charge in [0.25, 0.3) is 5.88 Å². The van der Waals surface area contributed by atoms with Crippen LogP contribution in [0.2, 0.25) is 0 Å². The molecule has 0 spiro atoms. The summed E-state index contributed by atoms with van der Waals surface area (Å²) in [4.78, 5) is 7.14. The van der Waals surface area contributed by atoms with E-state index in [-0.39, 0.29) is 11.4 Å². The van der Waals surface area contributed by atoms with Crippen molar-refractivity contribution < 1.29 is 30.7 Å². The van der Waals surface area contributed by atoms with Gasteiger partial charge < -0.3 is 0 Å². The number of pyridine rings is 1. The summed E-state index contributed by atoms with van der Waals surface area (Å²) < 4.78 is 68.9. The molecule has 0 saturated carbocycles. The van der Waals surface area contributed by atoms with Gasteiger partial charge in [-0.25, -0.2) is 9.97 Å². The zero-order valence-corrected chi connectivity index (χ0v) is 11.1. The molecule has 0 bridgehead atoms. The van der Waals surface area contributed by atoms with E-state index in [1.165, 1.54) is 24.5 Å². The average Bonchev–Trinajstić information content (AvgIpc) is 2.37. The first-order valence-electron chi connectivity index (χ1n) is 5.50. The monoisotopic (exact) mass is 320 g/mol. The van der Waals surface area contributed by atoms with Crippen molar-refractivity contribution in [3.05, 3.63) is 42.5 Å². The lowest BCUT2D eigenvalue weighted by Gasteiger charge is -2.06. The van der Waals surface area contributed by atoms with Crippen LogP contribution in [0.4, 0.5) is 13.2 Å². The van der Waals surface area contributed by atoms with Crippen LogP contribution in [0.3, 0.4) is 0 Å². The fraction of sp³-hybridized carbons (Fsp3) is 0.182. The Kier molecular flexibility index (Phi) is 3.92. The van der Waals surface area contributed by atoms with Gasteiger partial charge in [-0.2, -0.15) is 26.2 Å². The maximum Gasteiger partial charge on any atom is 0.433 e. The van der Waals surface area contributed by atoms with Crippen LogP contribution in [0.25, 0.3) is 11.4 Å². The molecule has 0 amide bonds. The predicted octanol–water partition coefficient (Wildman–Crippen LogP) is 1.30. The highest BCUT2D eigenvalue weighted by atomic mass is 32.2. The summed E-state index contributed by atoms with van der Waals surface area (Å²) >= 11 is 0. The molecule has 0 unspecified atom stereocenters. The molecule has 0 aliphatic carbocycles. The summed E-state index contributed by atoms with van der Waals surface area (Å²) in [6.07, 6.45) is -1.01. The van der Waals surface area contributed by atoms with E-state index in [0.29, 0.717) is 0 Å². The van der Waals surface area contributed by atoms with E-state index >= 15 is 0 Å². The maximum absolute atomic E-state index is 12.5. The molecule has 0 radical (unpaired) electrons. The summed E-state index contributed by atoms with van der Waals surface area (Å²) in [7, 11) is -4.20. The van der Waals surface area contributed by atoms with Crippen LogP contribution in [0.5, 0.6) is 0 Å². The number of halogens is 3. The molecule has 21 heavy (non-hydrogen) atoms. The Bertz CT molecular complexity index is 745. The molecule has 10 heteroatoms. The second-order valence-corrected chi connectivity index (χ2v) is 5.50. The van der Waals surface area contributed by atoms with Gasteiger partial charge in [0.2, 0.25) is 0 Å². The molecular weight excluding hydrogens is 311 g/mol. The van der Waals surface area contributed by atoms with Crippen LogP contribution in [0, 0.1) is 0 Å². The first kappa shape index (κ1) is 15.3. The predicted molar refractivity (Wildman–Crippen MR) is 64.2 cm³/mol. The standard InChI is InChI=1S/C11H8F3N3O3S/c12-11(13,14)9-1-4-15-10(16-9)8-2-5-17(6-3-8)7-21(18,19)20/h1-6H,7H2/p+1. The molecular formula is C11H9F3N3O3S+. The Morgan fingerprint density at radius 2 is 1.81 bits per heavy atom. The number of aromatic nitrogens is 3. The van der Waals surface area contributed by atoms with E-state index in [4.69, 9.17) is 4.55 Å². The molecule has 0 atom stereocenters. The van der Waals surface area contributed by atoms with E-state index in [1.54, 1.807) is 0 Å². The molecule has 6 nitrogen and oxygen atoms in total. The highest BCUT2D eigenvalue weighted by Gasteiger charge is 2.32. The molecule has 2 rings (SSSR count). The fourth-order valence-corrected chi connectivity index (χ4v) is 2.09. The van der Waals surface area contributed by atoms with Crippen molar-refractivity contribution in [1.82, 2.24) is 9.97 Å². The zero-order valence-electron chi connectivity index (χ0n) is 10.3. The Labute approximate surface area is 117 Å². The topological polar surface area (TPSA) is 84.0 Å². The van der Waals surface area contributed by atoms with Gasteiger partial charge in [-0.15, -0.1) is 0 Å². The summed E-state index contributed by atoms with van der Waals surface area (Å²) in [6, 6.07) is 3.45. The van der Waals surface area contributed by atoms with Gasteiger partial charge in [0.05, 0.1) is 0 Å². The molecule has 2 aromatic rings. The molecule has 0 fully saturated rings. The van der Waals surface area contributed by atoms with Crippen molar-refractivity contribution in [2.45, 2.75) is 12.1 Å². The van der Waals surface area contributed by atoms with Gasteiger partial charge >= 0.3 is 16.3 Å². The van der Waals surface area contributed by atoms with Crippen molar-refractivity contribution in [1.29, 1.82) is 0 Å². The second-order valence-electron chi connectivity index (χ2n) is 4.08. The smallest absolute Gasteiger partial charge is 0.281 e. The SMILES string of the molecule is O=S(=O)(O)C[n+]1ccc(-c2nccc(C(F)(F)F)n2)cc1.